The number of hydrogen-bond donors (Lipinski definition) is 8. The Balaban J connectivity index is 0.906. The van der Waals surface area contributed by atoms with Crippen LogP contribution in [0.15, 0.2) is 33.4 Å². The third-order valence-electron chi connectivity index (χ3n) is 11.8. The van der Waals surface area contributed by atoms with Crippen LogP contribution in [0.5, 0.6) is 0 Å². The number of nitrogens with zero attached hydrogens (tertiary/aromatic N) is 9. The molecule has 9 heterocycles. The molecule has 7 unspecified atom stereocenters. The molecule has 0 spiro atoms. The Hall–Kier alpha value is -5.15. The molecule has 78 heavy (non-hydrogen) atoms. The van der Waals surface area contributed by atoms with E-state index in [0.717, 1.165) is 35.2 Å². The Bertz CT molecular complexity index is 3640. The number of methoxy groups -OCH3 is 1. The van der Waals surface area contributed by atoms with Gasteiger partial charge in [0.05, 0.1) is 39.0 Å². The van der Waals surface area contributed by atoms with Gasteiger partial charge in [0.2, 0.25) is 17.7 Å². The number of aliphatic hydroxyl groups excluding tert-OH is 3. The van der Waals surface area contributed by atoms with Crippen molar-refractivity contribution in [3.05, 3.63) is 55.9 Å². The quantitative estimate of drug-likeness (QED) is 0.0261. The number of nitrogen functional groups attached to an aromatic ring is 2. The number of rotatable bonds is 20. The first-order valence-corrected chi connectivity index (χ1v) is 28.2. The van der Waals surface area contributed by atoms with Gasteiger partial charge in [0.1, 0.15) is 54.7 Å². The summed E-state index contributed by atoms with van der Waals surface area (Å²) in [5.74, 6) is -0.625. The van der Waals surface area contributed by atoms with Crippen molar-refractivity contribution in [2.24, 2.45) is 7.05 Å². The van der Waals surface area contributed by atoms with Gasteiger partial charge in [0, 0.05) is 7.11 Å². The molecule has 0 saturated carbocycles. The molecule has 0 aromatic carbocycles. The van der Waals surface area contributed by atoms with Crippen LogP contribution in [-0.2, 0) is 75.7 Å². The first-order valence-electron chi connectivity index (χ1n) is 22.4. The van der Waals surface area contributed by atoms with Crippen LogP contribution >= 0.6 is 31.3 Å². The summed E-state index contributed by atoms with van der Waals surface area (Å²) in [6.07, 6.45) is -19.1. The van der Waals surface area contributed by atoms with Crippen molar-refractivity contribution in [3.63, 3.8) is 0 Å². The number of phosphoric ester groups is 3. The molecule has 0 amide bonds. The Morgan fingerprint density at radius 2 is 1.28 bits per heavy atom. The van der Waals surface area contributed by atoms with Gasteiger partial charge >= 0.3 is 5.65 Å². The average Bonchev–Trinajstić information content (AvgIpc) is 4.25. The predicted octanol–water partition coefficient (Wildman–Crippen LogP) is -5.83. The number of H-pyrrole nitrogens is 3. The second-order valence-electron chi connectivity index (χ2n) is 17.6. The largest absolute Gasteiger partial charge is 0.756 e. The minimum absolute atomic E-state index is 0.00129. The van der Waals surface area contributed by atoms with Crippen molar-refractivity contribution in [3.8, 4) is 0 Å². The van der Waals surface area contributed by atoms with Crippen LogP contribution < -0.4 is 52.3 Å². The molecule has 43 heteroatoms. The Kier molecular flexibility index (Phi) is 15.8. The second-order valence-corrected chi connectivity index (χ2v) is 23.4. The van der Waals surface area contributed by atoms with E-state index in [-0.39, 0.29) is 45.3 Å². The van der Waals surface area contributed by atoms with Gasteiger partial charge in [0.15, 0.2) is 47.4 Å². The molecule has 6 aromatic heterocycles. The first-order chi connectivity index (χ1) is 36.5. The summed E-state index contributed by atoms with van der Waals surface area (Å²) in [5.41, 5.74) is 8.11. The summed E-state index contributed by atoms with van der Waals surface area (Å²) < 4.78 is 113. The standard InChI is InChI=1S/C35H48N14O25P4/c1-11(2)67-21-13(68-31(20(21)52)47-8-38-15-24(47)40-12(3)41-27(15)53)6-65-75(56,57)71-22-14(69-32(23(22)64-5)48-9-39-16-25(48)42-34(36)44-28(16)54)7-66-76(58,59)73-78(62,63)74-77(60,61)72-33-19(51)18(50)30(70-33)49-10-46(4)17-26(49)43-35(37)45-29(17)55/h8-11,13-14,18-23,30-33,50-52H,6-7H2,1-5H3,(H10-,36,37,40,41,42,43,44,45,53,54,55,56,57,58,59,60,61,62,63)/p-3/t13-,14-,18+,19?,20?,21+,22+,23?,30-,31-,32-,33-/m1/s1. The van der Waals surface area contributed by atoms with E-state index >= 15 is 0 Å². The van der Waals surface area contributed by atoms with Crippen LogP contribution in [0.4, 0.5) is 11.9 Å². The molecular formula is C35H45N14O25P4-3. The lowest BCUT2D eigenvalue weighted by molar-refractivity contribution is -0.747. The third-order valence-corrected chi connectivity index (χ3v) is 16.9. The maximum Gasteiger partial charge on any atom is 0.313 e. The number of nitrogens with one attached hydrogen (secondary N) is 3. The number of aromatic nitrogens is 12. The molecular weight excluding hydrogens is 1140 g/mol. The average molecular weight is 1190 g/mol. The molecule has 3 aliphatic rings. The molecule has 6 aromatic rings. The van der Waals surface area contributed by atoms with Crippen LogP contribution in [0.25, 0.3) is 33.5 Å². The van der Waals surface area contributed by atoms with Crippen molar-refractivity contribution in [1.29, 1.82) is 0 Å². The van der Waals surface area contributed by atoms with E-state index < -0.39 is 147 Å². The Morgan fingerprint density at radius 3 is 1.94 bits per heavy atom. The van der Waals surface area contributed by atoms with Crippen molar-refractivity contribution in [1.82, 2.24) is 53.6 Å². The van der Waals surface area contributed by atoms with Crippen LogP contribution in [0.3, 0.4) is 0 Å². The van der Waals surface area contributed by atoms with E-state index in [2.05, 4.69) is 53.0 Å². The minimum atomic E-state index is -6.69. The number of anilines is 2. The highest BCUT2D eigenvalue weighted by Crippen LogP contribution is 2.64. The fourth-order valence-corrected chi connectivity index (χ4v) is 13.1. The van der Waals surface area contributed by atoms with E-state index in [1.54, 1.807) is 13.8 Å². The maximum absolute atomic E-state index is 13.8. The Morgan fingerprint density at radius 1 is 0.718 bits per heavy atom. The number of ether oxygens (including phenoxy) is 5. The maximum atomic E-state index is 13.8. The number of aliphatic hydroxyl groups is 3. The van der Waals surface area contributed by atoms with Crippen LogP contribution in [0.2, 0.25) is 0 Å². The van der Waals surface area contributed by atoms with Gasteiger partial charge in [-0.15, -0.1) is 0 Å². The highest BCUT2D eigenvalue weighted by Gasteiger charge is 2.52. The molecule has 0 bridgehead atoms. The zero-order chi connectivity index (χ0) is 56.7. The van der Waals surface area contributed by atoms with Crippen LogP contribution in [-0.4, -0.2) is 150 Å². The van der Waals surface area contributed by atoms with Gasteiger partial charge in [-0.05, 0) is 20.8 Å². The van der Waals surface area contributed by atoms with Crippen molar-refractivity contribution in [2.75, 3.05) is 31.8 Å². The Labute approximate surface area is 432 Å². The zero-order valence-corrected chi connectivity index (χ0v) is 44.0. The number of imidazole rings is 3. The summed E-state index contributed by atoms with van der Waals surface area (Å²) in [5, 5.41) is 32.8. The monoisotopic (exact) mass is 1190 g/mol. The zero-order valence-electron chi connectivity index (χ0n) is 40.4. The molecule has 16 atom stereocenters. The molecule has 3 aliphatic heterocycles. The molecule has 3 saturated heterocycles. The molecule has 10 N–H and O–H groups in total. The van der Waals surface area contributed by atoms with E-state index in [1.165, 1.54) is 23.1 Å². The molecule has 0 aliphatic carbocycles. The number of phosphoric acid groups is 4. The fourth-order valence-electron chi connectivity index (χ4n) is 8.70. The molecule has 39 nitrogen and oxygen atoms in total. The van der Waals surface area contributed by atoms with Gasteiger partial charge in [0.25, 0.3) is 53.9 Å². The first kappa shape index (κ1) is 57.5. The summed E-state index contributed by atoms with van der Waals surface area (Å²) in [4.78, 5) is 118. The third kappa shape index (κ3) is 11.6. The smallest absolute Gasteiger partial charge is 0.313 e. The highest BCUT2D eigenvalue weighted by atomic mass is 31.3. The molecule has 9 rings (SSSR count). The number of hydrogen-bond acceptors (Lipinski definition) is 32. The topological polar surface area (TPSA) is 556 Å². The summed E-state index contributed by atoms with van der Waals surface area (Å²) >= 11 is 0. The number of fused-ring (bicyclic) bond motifs is 3. The predicted molar refractivity (Wildman–Crippen MR) is 242 cm³/mol. The molecule has 428 valence electrons. The van der Waals surface area contributed by atoms with Gasteiger partial charge in [-0.1, -0.05) is 4.98 Å². The lowest BCUT2D eigenvalue weighted by Crippen LogP contribution is -2.46. The van der Waals surface area contributed by atoms with Gasteiger partial charge < -0.3 is 88.6 Å². The van der Waals surface area contributed by atoms with E-state index in [4.69, 9.17) is 48.7 Å². The number of nitrogens with two attached hydrogens (primary N) is 2. The molecule has 3 fully saturated rings. The lowest BCUT2D eigenvalue weighted by Gasteiger charge is -2.35. The second kappa shape index (κ2) is 21.4. The van der Waals surface area contributed by atoms with Crippen LogP contribution in [0, 0.1) is 6.92 Å². The summed E-state index contributed by atoms with van der Waals surface area (Å²) in [6, 6.07) is 0. The van der Waals surface area contributed by atoms with Gasteiger partial charge in [-0.25, -0.2) is 28.1 Å². The summed E-state index contributed by atoms with van der Waals surface area (Å²) in [6.45, 7) is 2.30. The number of aryl methyl sites for hydroxylation is 2. The highest BCUT2D eigenvalue weighted by molar-refractivity contribution is 7.65. The summed E-state index contributed by atoms with van der Waals surface area (Å²) in [7, 11) is -22.9. The van der Waals surface area contributed by atoms with Crippen molar-refractivity contribution >= 4 is 76.7 Å². The number of aromatic amines is 3. The van der Waals surface area contributed by atoms with Crippen molar-refractivity contribution < 1.29 is 108 Å². The fraction of sp³-hybridized carbons (Fsp3) is 0.571. The minimum Gasteiger partial charge on any atom is -0.756 e. The SMILES string of the molecule is COC1[C@@H](OP(=O)([O-])OC[C@H]2O[C@@H](n3cnc4c(=O)[nH]c(C)nc43)C(O)[C@H]2OC(C)C)[C@@H](COP(=O)([O-])OP(=O)([O-])OP(=O)([O-])O[C@H]2O[C@@H]([n+]3cn(C)c4c(=O)[nH]c(N)nc43)[C@@H](O)C2O)O[C@H]1n1cnc2c(=O)[nH]c(N)nc21. The van der Waals surface area contributed by atoms with Gasteiger partial charge in [-0.3, -0.25) is 60.8 Å². The van der Waals surface area contributed by atoms with Crippen molar-refractivity contribution in [2.45, 2.75) is 101 Å². The van der Waals surface area contributed by atoms with E-state index in [9.17, 15) is 67.5 Å². The van der Waals surface area contributed by atoms with E-state index in [0.29, 0.717) is 0 Å². The molecule has 0 radical (unpaired) electrons. The van der Waals surface area contributed by atoms with Crippen LogP contribution in [0.1, 0.15) is 38.4 Å². The normalized spacial score (nSPS) is 29.9. The van der Waals surface area contributed by atoms with E-state index in [1.807, 2.05) is 0 Å². The lowest BCUT2D eigenvalue weighted by atomic mass is 10.1. The van der Waals surface area contributed by atoms with Gasteiger partial charge in [-0.2, -0.15) is 4.98 Å².